The van der Waals surface area contributed by atoms with E-state index in [2.05, 4.69) is 54.7 Å². The van der Waals surface area contributed by atoms with Crippen LogP contribution in [-0.2, 0) is 0 Å². The van der Waals surface area contributed by atoms with Crippen LogP contribution >= 0.6 is 0 Å². The molecule has 1 atom stereocenters. The molecule has 0 aliphatic heterocycles. The van der Waals surface area contributed by atoms with Crippen molar-refractivity contribution in [2.75, 3.05) is 18.5 Å². The minimum absolute atomic E-state index is 0.310. The van der Waals surface area contributed by atoms with Crippen molar-refractivity contribution in [3.05, 3.63) is 59.2 Å². The maximum absolute atomic E-state index is 9.92. The molecule has 132 valence electrons. The molecule has 0 radical (unpaired) electrons. The molecule has 1 unspecified atom stereocenters. The first-order chi connectivity index (χ1) is 12.8. The second-order valence-corrected chi connectivity index (χ2v) is 7.01. The predicted molar refractivity (Wildman–Crippen MR) is 106 cm³/mol. The number of nitriles is 1. The van der Waals surface area contributed by atoms with Crippen molar-refractivity contribution in [3.8, 4) is 11.8 Å². The van der Waals surface area contributed by atoms with Gasteiger partial charge in [-0.3, -0.25) is 0 Å². The van der Waals surface area contributed by atoms with E-state index in [-0.39, 0.29) is 0 Å². The Morgan fingerprint density at radius 3 is 2.50 bits per heavy atom. The Hall–Kier alpha value is -2.73. The summed E-state index contributed by atoms with van der Waals surface area (Å²) in [6.07, 6.45) is 2.47. The molecule has 0 amide bonds. The summed E-state index contributed by atoms with van der Waals surface area (Å²) >= 11 is 0. The molecule has 1 saturated carbocycles. The van der Waals surface area contributed by atoms with Gasteiger partial charge >= 0.3 is 0 Å². The van der Waals surface area contributed by atoms with Gasteiger partial charge in [-0.05, 0) is 85.2 Å². The predicted octanol–water partition coefficient (Wildman–Crippen LogP) is 5.46. The average Bonchev–Trinajstić information content (AvgIpc) is 3.44. The van der Waals surface area contributed by atoms with Crippen LogP contribution in [0.15, 0.2) is 42.5 Å². The lowest BCUT2D eigenvalue weighted by molar-refractivity contribution is 0.339. The summed E-state index contributed by atoms with van der Waals surface area (Å²) in [7, 11) is 0. The highest BCUT2D eigenvalue weighted by molar-refractivity contribution is 6.05. The van der Waals surface area contributed by atoms with Gasteiger partial charge in [0.05, 0.1) is 12.2 Å². The number of hydrogen-bond donors (Lipinski definition) is 1. The summed E-state index contributed by atoms with van der Waals surface area (Å²) < 4.78 is 5.72. The zero-order valence-electron chi connectivity index (χ0n) is 15.4. The summed E-state index contributed by atoms with van der Waals surface area (Å²) in [6.45, 7) is 5.66. The van der Waals surface area contributed by atoms with E-state index in [9.17, 15) is 5.26 Å². The van der Waals surface area contributed by atoms with Crippen LogP contribution in [0.2, 0.25) is 0 Å². The number of fused-ring (bicyclic) bond motifs is 1. The van der Waals surface area contributed by atoms with Crippen LogP contribution in [0.5, 0.6) is 5.75 Å². The number of anilines is 1. The normalized spacial score (nSPS) is 18.4. The molecule has 0 heterocycles. The van der Waals surface area contributed by atoms with Crippen LogP contribution in [-0.4, -0.2) is 13.2 Å². The van der Waals surface area contributed by atoms with E-state index < -0.39 is 0 Å². The first kappa shape index (κ1) is 16.7. The number of ether oxygens (including phenoxy) is 1. The summed E-state index contributed by atoms with van der Waals surface area (Å²) in [5.41, 5.74) is 6.65. The van der Waals surface area contributed by atoms with Crippen LogP contribution in [0.1, 0.15) is 49.3 Å². The lowest BCUT2D eigenvalue weighted by Gasteiger charge is -2.17. The van der Waals surface area contributed by atoms with Gasteiger partial charge in [-0.2, -0.15) is 5.26 Å². The van der Waals surface area contributed by atoms with E-state index in [4.69, 9.17) is 4.74 Å². The molecule has 2 aliphatic rings. The fourth-order valence-electron chi connectivity index (χ4n) is 4.07. The van der Waals surface area contributed by atoms with Crippen LogP contribution < -0.4 is 10.1 Å². The van der Waals surface area contributed by atoms with Crippen LogP contribution in [0, 0.1) is 17.2 Å². The van der Waals surface area contributed by atoms with Crippen LogP contribution in [0.4, 0.5) is 5.69 Å². The topological polar surface area (TPSA) is 45.0 Å². The van der Waals surface area contributed by atoms with Gasteiger partial charge < -0.3 is 10.1 Å². The first-order valence-electron chi connectivity index (χ1n) is 9.52. The molecule has 2 aromatic rings. The molecule has 26 heavy (non-hydrogen) atoms. The maximum atomic E-state index is 9.92. The number of benzene rings is 2. The lowest BCUT2D eigenvalue weighted by Crippen LogP contribution is -2.03. The quantitative estimate of drug-likeness (QED) is 0.757. The van der Waals surface area contributed by atoms with E-state index >= 15 is 0 Å². The standard InChI is InChI=1S/C23H24N2O/c1-3-25-17-9-7-16(8-10-17)23-21(14-24)19-12-11-18(26-4-2)13-20(19)22(23)15-5-6-15/h7-13,15,22,25H,3-6H2,1-2H3. The van der Waals surface area contributed by atoms with Crippen molar-refractivity contribution in [2.45, 2.75) is 32.6 Å². The fraction of sp³-hybridized carbons (Fsp3) is 0.348. The van der Waals surface area contributed by atoms with Gasteiger partial charge in [0.15, 0.2) is 0 Å². The molecule has 3 nitrogen and oxygen atoms in total. The molecule has 3 heteroatoms. The second-order valence-electron chi connectivity index (χ2n) is 7.01. The maximum Gasteiger partial charge on any atom is 0.119 e. The van der Waals surface area contributed by atoms with Crippen molar-refractivity contribution in [1.29, 1.82) is 5.26 Å². The minimum Gasteiger partial charge on any atom is -0.494 e. The molecular formula is C23H24N2O. The second kappa shape index (κ2) is 6.88. The van der Waals surface area contributed by atoms with Crippen molar-refractivity contribution in [3.63, 3.8) is 0 Å². The van der Waals surface area contributed by atoms with E-state index in [1.54, 1.807) is 0 Å². The smallest absolute Gasteiger partial charge is 0.119 e. The van der Waals surface area contributed by atoms with Crippen LogP contribution in [0.25, 0.3) is 11.1 Å². The van der Waals surface area contributed by atoms with E-state index in [0.29, 0.717) is 18.4 Å². The van der Waals surface area contributed by atoms with Gasteiger partial charge in [-0.15, -0.1) is 0 Å². The van der Waals surface area contributed by atoms with Gasteiger partial charge in [0, 0.05) is 18.2 Å². The number of hydrogen-bond acceptors (Lipinski definition) is 3. The highest BCUT2D eigenvalue weighted by Crippen LogP contribution is 2.57. The Bertz CT molecular complexity index is 885. The molecule has 4 rings (SSSR count). The van der Waals surface area contributed by atoms with Crippen molar-refractivity contribution in [1.82, 2.24) is 0 Å². The Morgan fingerprint density at radius 1 is 1.12 bits per heavy atom. The molecule has 1 fully saturated rings. The molecule has 0 bridgehead atoms. The van der Waals surface area contributed by atoms with Crippen molar-refractivity contribution >= 4 is 16.8 Å². The van der Waals surface area contributed by atoms with Gasteiger partial charge in [-0.25, -0.2) is 0 Å². The summed E-state index contributed by atoms with van der Waals surface area (Å²) in [5.74, 6) is 1.85. The third kappa shape index (κ3) is 2.86. The summed E-state index contributed by atoms with van der Waals surface area (Å²) in [6, 6.07) is 17.2. The Labute approximate surface area is 155 Å². The molecule has 1 N–H and O–H groups in total. The number of nitrogens with one attached hydrogen (secondary N) is 1. The van der Waals surface area contributed by atoms with Gasteiger partial charge in [0.25, 0.3) is 0 Å². The van der Waals surface area contributed by atoms with Crippen LogP contribution in [0.3, 0.4) is 0 Å². The number of rotatable bonds is 6. The Morgan fingerprint density at radius 2 is 1.88 bits per heavy atom. The third-order valence-corrected chi connectivity index (χ3v) is 5.30. The third-order valence-electron chi connectivity index (χ3n) is 5.30. The molecule has 0 aromatic heterocycles. The van der Waals surface area contributed by atoms with E-state index in [1.807, 2.05) is 13.0 Å². The molecule has 2 aromatic carbocycles. The monoisotopic (exact) mass is 344 g/mol. The number of nitrogens with zero attached hydrogens (tertiary/aromatic N) is 1. The first-order valence-corrected chi connectivity index (χ1v) is 9.52. The Balaban J connectivity index is 1.80. The molecule has 2 aliphatic carbocycles. The van der Waals surface area contributed by atoms with E-state index in [0.717, 1.165) is 34.7 Å². The van der Waals surface area contributed by atoms with Gasteiger partial charge in [0.2, 0.25) is 0 Å². The largest absolute Gasteiger partial charge is 0.494 e. The van der Waals surface area contributed by atoms with Gasteiger partial charge in [-0.1, -0.05) is 12.1 Å². The zero-order chi connectivity index (χ0) is 18.1. The summed E-state index contributed by atoms with van der Waals surface area (Å²) in [4.78, 5) is 0. The molecule has 0 saturated heterocycles. The molecule has 0 spiro atoms. The highest BCUT2D eigenvalue weighted by atomic mass is 16.5. The highest BCUT2D eigenvalue weighted by Gasteiger charge is 2.42. The Kier molecular flexibility index (Phi) is 4.42. The zero-order valence-corrected chi connectivity index (χ0v) is 15.4. The van der Waals surface area contributed by atoms with Gasteiger partial charge in [0.1, 0.15) is 11.8 Å². The minimum atomic E-state index is 0.310. The average molecular weight is 344 g/mol. The fourth-order valence-corrected chi connectivity index (χ4v) is 4.07. The molecular weight excluding hydrogens is 320 g/mol. The van der Waals surface area contributed by atoms with E-state index in [1.165, 1.54) is 24.0 Å². The van der Waals surface area contributed by atoms with Crippen molar-refractivity contribution < 1.29 is 4.74 Å². The lowest BCUT2D eigenvalue weighted by atomic mass is 9.86. The number of allylic oxidation sites excluding steroid dienone is 2. The van der Waals surface area contributed by atoms with Crippen molar-refractivity contribution in [2.24, 2.45) is 5.92 Å². The summed E-state index contributed by atoms with van der Waals surface area (Å²) in [5, 5.41) is 13.3. The SMILES string of the molecule is CCNc1ccc(C2=C(C#N)c3ccc(OCC)cc3C2C2CC2)cc1.